The molecule has 1 aliphatic rings. The van der Waals surface area contributed by atoms with Gasteiger partial charge in [0.05, 0.1) is 36.6 Å². The molecule has 0 bridgehead atoms. The fourth-order valence-corrected chi connectivity index (χ4v) is 6.18. The number of halogens is 4. The van der Waals surface area contributed by atoms with Gasteiger partial charge in [-0.25, -0.2) is 17.5 Å². The molecule has 3 heterocycles. The van der Waals surface area contributed by atoms with Crippen LogP contribution < -0.4 is 0 Å². The van der Waals surface area contributed by atoms with E-state index < -0.39 is 28.7 Å². The Morgan fingerprint density at radius 3 is 2.46 bits per heavy atom. The van der Waals surface area contributed by atoms with E-state index in [1.54, 1.807) is 34.8 Å². The number of benzene rings is 2. The van der Waals surface area contributed by atoms with Gasteiger partial charge in [0, 0.05) is 37.6 Å². The standard InChI is InChI=1S/C25H27F4N7O2S/c1-3-35-30-15-24(32-35)39(37,38)34-11-10-33(9-8-25(27,28)29)23(16-34)21-13-18-14-31-36(22(18)12-17(21)2)20-6-4-19(26)5-7-20/h4-7,12-15,23H,3,8-11,16H2,1-2H3/t23-/m1/s1. The summed E-state index contributed by atoms with van der Waals surface area (Å²) >= 11 is 0. The summed E-state index contributed by atoms with van der Waals surface area (Å²) in [5, 5.41) is 12.9. The number of hydrogen-bond donors (Lipinski definition) is 0. The second kappa shape index (κ2) is 10.3. The van der Waals surface area contributed by atoms with Gasteiger partial charge in [0.15, 0.2) is 0 Å². The van der Waals surface area contributed by atoms with E-state index in [4.69, 9.17) is 0 Å². The minimum Gasteiger partial charge on any atom is -0.293 e. The van der Waals surface area contributed by atoms with Gasteiger partial charge in [-0.3, -0.25) is 4.90 Å². The van der Waals surface area contributed by atoms with Gasteiger partial charge in [-0.05, 0) is 61.4 Å². The fraction of sp³-hybridized carbons (Fsp3) is 0.400. The van der Waals surface area contributed by atoms with Crippen LogP contribution in [0.15, 0.2) is 53.8 Å². The topological polar surface area (TPSA) is 89.2 Å². The first-order chi connectivity index (χ1) is 18.5. The lowest BCUT2D eigenvalue weighted by Crippen LogP contribution is -2.51. The number of aryl methyl sites for hydroxylation is 2. The third-order valence-corrected chi connectivity index (χ3v) is 8.65. The molecule has 0 saturated carbocycles. The second-order valence-electron chi connectivity index (χ2n) is 9.45. The largest absolute Gasteiger partial charge is 0.390 e. The number of rotatable bonds is 7. The zero-order valence-corrected chi connectivity index (χ0v) is 22.1. The molecule has 39 heavy (non-hydrogen) atoms. The van der Waals surface area contributed by atoms with E-state index in [-0.39, 0.29) is 37.0 Å². The van der Waals surface area contributed by atoms with Crippen LogP contribution in [0.25, 0.3) is 16.6 Å². The van der Waals surface area contributed by atoms with Crippen molar-refractivity contribution in [1.82, 2.24) is 34.0 Å². The number of fused-ring (bicyclic) bond motifs is 1. The van der Waals surface area contributed by atoms with Crippen molar-refractivity contribution in [3.05, 3.63) is 65.7 Å². The van der Waals surface area contributed by atoms with Crippen molar-refractivity contribution in [1.29, 1.82) is 0 Å². The molecule has 1 fully saturated rings. The zero-order valence-electron chi connectivity index (χ0n) is 21.3. The Bertz CT molecular complexity index is 1580. The highest BCUT2D eigenvalue weighted by Gasteiger charge is 2.38. The number of alkyl halides is 3. The summed E-state index contributed by atoms with van der Waals surface area (Å²) in [7, 11) is -4.01. The van der Waals surface area contributed by atoms with Gasteiger partial charge in [-0.2, -0.15) is 32.5 Å². The van der Waals surface area contributed by atoms with Crippen LogP contribution in [0.1, 0.15) is 30.5 Å². The molecule has 2 aromatic carbocycles. The minimum atomic E-state index is -4.35. The highest BCUT2D eigenvalue weighted by Crippen LogP contribution is 2.34. The first-order valence-electron chi connectivity index (χ1n) is 12.4. The van der Waals surface area contributed by atoms with Crippen LogP contribution in [0.3, 0.4) is 0 Å². The summed E-state index contributed by atoms with van der Waals surface area (Å²) in [6.45, 7) is 3.85. The number of sulfonamides is 1. The molecule has 1 aliphatic heterocycles. The van der Waals surface area contributed by atoms with Crippen molar-refractivity contribution >= 4 is 20.9 Å². The van der Waals surface area contributed by atoms with Crippen molar-refractivity contribution in [2.75, 3.05) is 26.2 Å². The fourth-order valence-electron chi connectivity index (χ4n) is 4.87. The first kappa shape index (κ1) is 27.2. The Labute approximate surface area is 222 Å². The quantitative estimate of drug-likeness (QED) is 0.314. The van der Waals surface area contributed by atoms with Crippen LogP contribution in [0.2, 0.25) is 0 Å². The molecule has 14 heteroatoms. The second-order valence-corrected chi connectivity index (χ2v) is 11.3. The third-order valence-electron chi connectivity index (χ3n) is 6.92. The Morgan fingerprint density at radius 2 is 1.79 bits per heavy atom. The molecule has 0 radical (unpaired) electrons. The van der Waals surface area contributed by atoms with Gasteiger partial charge in [-0.15, -0.1) is 5.10 Å². The summed E-state index contributed by atoms with van der Waals surface area (Å²) in [5.74, 6) is -0.373. The normalized spacial score (nSPS) is 17.7. The van der Waals surface area contributed by atoms with E-state index >= 15 is 0 Å². The van der Waals surface area contributed by atoms with Crippen molar-refractivity contribution in [3.8, 4) is 5.69 Å². The summed E-state index contributed by atoms with van der Waals surface area (Å²) in [6.07, 6.45) is -2.54. The predicted octanol–water partition coefficient (Wildman–Crippen LogP) is 4.08. The van der Waals surface area contributed by atoms with Gasteiger partial charge in [0.25, 0.3) is 10.0 Å². The average molecular weight is 566 g/mol. The number of nitrogens with zero attached hydrogens (tertiary/aromatic N) is 7. The van der Waals surface area contributed by atoms with Crippen molar-refractivity contribution in [2.24, 2.45) is 0 Å². The number of piperazine rings is 1. The minimum absolute atomic E-state index is 0.0272. The molecular weight excluding hydrogens is 538 g/mol. The highest BCUT2D eigenvalue weighted by molar-refractivity contribution is 7.89. The number of aromatic nitrogens is 5. The van der Waals surface area contributed by atoms with E-state index in [1.165, 1.54) is 27.4 Å². The maximum absolute atomic E-state index is 13.4. The molecule has 0 N–H and O–H groups in total. The molecule has 1 atom stereocenters. The molecule has 0 unspecified atom stereocenters. The molecule has 5 rings (SSSR count). The molecular formula is C25H27F4N7O2S. The zero-order chi connectivity index (χ0) is 27.9. The van der Waals surface area contributed by atoms with Crippen LogP contribution in [0.5, 0.6) is 0 Å². The van der Waals surface area contributed by atoms with E-state index in [0.717, 1.165) is 16.5 Å². The van der Waals surface area contributed by atoms with Crippen LogP contribution in [0.4, 0.5) is 17.6 Å². The Morgan fingerprint density at radius 1 is 1.05 bits per heavy atom. The first-order valence-corrected chi connectivity index (χ1v) is 13.9. The molecule has 0 spiro atoms. The lowest BCUT2D eigenvalue weighted by atomic mass is 9.96. The van der Waals surface area contributed by atoms with Crippen LogP contribution in [0, 0.1) is 12.7 Å². The maximum atomic E-state index is 13.4. The Kier molecular flexibility index (Phi) is 7.20. The van der Waals surface area contributed by atoms with Crippen LogP contribution >= 0.6 is 0 Å². The molecule has 4 aromatic rings. The van der Waals surface area contributed by atoms with Crippen molar-refractivity contribution < 1.29 is 26.0 Å². The summed E-state index contributed by atoms with van der Waals surface area (Å²) in [6, 6.07) is 8.94. The van der Waals surface area contributed by atoms with E-state index in [1.807, 2.05) is 19.1 Å². The van der Waals surface area contributed by atoms with Gasteiger partial charge in [0.1, 0.15) is 5.82 Å². The molecule has 0 aliphatic carbocycles. The van der Waals surface area contributed by atoms with E-state index in [9.17, 15) is 26.0 Å². The average Bonchev–Trinajstić information content (AvgIpc) is 3.54. The molecule has 9 nitrogen and oxygen atoms in total. The third kappa shape index (κ3) is 5.54. The van der Waals surface area contributed by atoms with E-state index in [2.05, 4.69) is 15.3 Å². The van der Waals surface area contributed by atoms with Gasteiger partial charge >= 0.3 is 6.18 Å². The monoisotopic (exact) mass is 565 g/mol. The maximum Gasteiger partial charge on any atom is 0.390 e. The van der Waals surface area contributed by atoms with Crippen molar-refractivity contribution in [3.63, 3.8) is 0 Å². The Balaban J connectivity index is 1.51. The number of hydrogen-bond acceptors (Lipinski definition) is 6. The van der Waals surface area contributed by atoms with Crippen LogP contribution in [-0.2, 0) is 16.6 Å². The molecule has 1 saturated heterocycles. The van der Waals surface area contributed by atoms with Gasteiger partial charge in [0.2, 0.25) is 5.03 Å². The summed E-state index contributed by atoms with van der Waals surface area (Å²) in [5.41, 5.74) is 2.87. The summed E-state index contributed by atoms with van der Waals surface area (Å²) in [4.78, 5) is 2.95. The van der Waals surface area contributed by atoms with Crippen molar-refractivity contribution in [2.45, 2.75) is 44.1 Å². The molecule has 2 aromatic heterocycles. The predicted molar refractivity (Wildman–Crippen MR) is 135 cm³/mol. The SMILES string of the molecule is CCn1ncc(S(=O)(=O)N2CCN(CCC(F)(F)F)[C@@H](c3cc4cnn(-c5ccc(F)cc5)c4cc3C)C2)n1. The lowest BCUT2D eigenvalue weighted by Gasteiger charge is -2.41. The Hall–Kier alpha value is -3.36. The summed E-state index contributed by atoms with van der Waals surface area (Å²) < 4.78 is 82.5. The van der Waals surface area contributed by atoms with Gasteiger partial charge < -0.3 is 0 Å². The highest BCUT2D eigenvalue weighted by atomic mass is 32.2. The molecule has 208 valence electrons. The van der Waals surface area contributed by atoms with Crippen LogP contribution in [-0.4, -0.2) is 74.8 Å². The smallest absolute Gasteiger partial charge is 0.293 e. The lowest BCUT2D eigenvalue weighted by molar-refractivity contribution is -0.140. The van der Waals surface area contributed by atoms with E-state index in [0.29, 0.717) is 17.8 Å². The molecule has 0 amide bonds. The van der Waals surface area contributed by atoms with Gasteiger partial charge in [-0.1, -0.05) is 0 Å².